The third kappa shape index (κ3) is 63.2. The van der Waals surface area contributed by atoms with Gasteiger partial charge >= 0.3 is 19.3 Å². The van der Waals surface area contributed by atoms with Crippen LogP contribution in [0, 0.1) is 0 Å². The Balaban J connectivity index is -0.00000000544. The maximum Gasteiger partial charge on any atom is 0.411 e. The molecule has 76 valence electrons. The molecule has 0 spiro atoms. The molecule has 16 heteroatoms. The van der Waals surface area contributed by atoms with E-state index in [-0.39, 0.29) is 312 Å². The molecule has 0 aromatic carbocycles. The largest absolute Gasteiger partial charge is 0.436 e. The van der Waals surface area contributed by atoms with Crippen molar-refractivity contribution in [2.45, 2.75) is 14.0 Å². The zero-order chi connectivity index (χ0) is 6.41. The van der Waals surface area contributed by atoms with Gasteiger partial charge in [0.15, 0.2) is 0 Å². The molecule has 0 aromatic heterocycles. The predicted octanol–water partition coefficient (Wildman–Crippen LogP) is -0.531. The van der Waals surface area contributed by atoms with Crippen molar-refractivity contribution < 1.29 is 307 Å². The summed E-state index contributed by atoms with van der Waals surface area (Å²) in [6.45, 7) is 1.84. The zero-order valence-electron chi connectivity index (χ0n) is 9.42. The number of rotatable bonds is 4. The average Bonchev–Trinajstić information content (AvgIpc) is 1.83. The van der Waals surface area contributed by atoms with Crippen LogP contribution in [-0.4, -0.2) is 40.3 Å². The molecule has 0 bridgehead atoms. The van der Waals surface area contributed by atoms with Gasteiger partial charge in [-0.1, -0.05) is 7.43 Å². The fourth-order valence-electron chi connectivity index (χ4n) is 0.100. The van der Waals surface area contributed by atoms with E-state index in [2.05, 4.69) is 29.2 Å². The van der Waals surface area contributed by atoms with E-state index >= 15 is 0 Å². The molecule has 3 nitrogen and oxygen atoms in total. The van der Waals surface area contributed by atoms with Crippen molar-refractivity contribution in [3.8, 4) is 0 Å². The summed E-state index contributed by atoms with van der Waals surface area (Å²) in [7, 11) is 4.51. The topological polar surface area (TPSA) is 27.7 Å². The van der Waals surface area contributed by atoms with Crippen LogP contribution >= 0.6 is 0 Å². The normalized spacial score (nSPS) is 4.67. The van der Waals surface area contributed by atoms with Crippen LogP contribution in [0.4, 0.5) is 0 Å². The molecule has 0 amide bonds. The van der Waals surface area contributed by atoms with E-state index in [4.69, 9.17) is 4.12 Å². The van der Waals surface area contributed by atoms with Crippen molar-refractivity contribution in [1.82, 2.24) is 0 Å². The average molecular weight is 992 g/mol. The van der Waals surface area contributed by atoms with Gasteiger partial charge in [0, 0.05) is 294 Å². The van der Waals surface area contributed by atoms with Gasteiger partial charge in [-0.3, -0.25) is 0 Å². The fourth-order valence-corrected chi connectivity index (χ4v) is 1.65. The molecule has 0 aliphatic heterocycles. The Morgan fingerprint density at radius 2 is 1.06 bits per heavy atom. The molecular weight excluding hydrogens is 985 g/mol. The molecule has 0 saturated carbocycles. The van der Waals surface area contributed by atoms with E-state index < -0.39 is 9.28 Å². The SMILES string of the molecule is C.C[Si](O[Si])O[Si]O[Si].[Y].[Y].[Y].[Y].[Y].[Y].[Y].[Y].[Y]. The van der Waals surface area contributed by atoms with Crippen molar-refractivity contribution >= 4 is 40.3 Å². The van der Waals surface area contributed by atoms with Crippen molar-refractivity contribution in [3.63, 3.8) is 0 Å². The van der Waals surface area contributed by atoms with Gasteiger partial charge in [-0.05, 0) is 6.55 Å². The summed E-state index contributed by atoms with van der Waals surface area (Å²) in [5.41, 5.74) is 0. The molecule has 0 aliphatic rings. The third-order valence-corrected chi connectivity index (χ3v) is 3.34. The standard InChI is InChI=1S/CH3O3Si4.CH4.9Y/c1-8(3-6)4-7-2-5;;;;;;;;;;/h1H3;1H4;;;;;;;;;. The Morgan fingerprint density at radius 1 is 0.778 bits per heavy atom. The molecule has 0 atom stereocenters. The molecule has 0 heterocycles. The van der Waals surface area contributed by atoms with E-state index in [9.17, 15) is 0 Å². The van der Waals surface area contributed by atoms with Crippen molar-refractivity contribution in [2.24, 2.45) is 0 Å². The minimum atomic E-state index is -1.12. The monoisotopic (exact) mass is 991 g/mol. The van der Waals surface area contributed by atoms with E-state index in [1.807, 2.05) is 6.55 Å². The van der Waals surface area contributed by atoms with Gasteiger partial charge in [0.1, 0.15) is 0 Å². The molecule has 0 aromatic rings. The van der Waals surface area contributed by atoms with E-state index in [0.717, 1.165) is 0 Å². The Hall–Kier alpha value is 10.7. The van der Waals surface area contributed by atoms with Gasteiger partial charge in [-0.25, -0.2) is 0 Å². The van der Waals surface area contributed by atoms with E-state index in [1.165, 1.54) is 0 Å². The maximum absolute atomic E-state index is 4.93. The summed E-state index contributed by atoms with van der Waals surface area (Å²) in [5.74, 6) is 0. The molecule has 0 N–H and O–H groups in total. The summed E-state index contributed by atoms with van der Waals surface area (Å²) < 4.78 is 14.0. The summed E-state index contributed by atoms with van der Waals surface area (Å²) in [5, 5.41) is 0. The van der Waals surface area contributed by atoms with E-state index in [1.54, 1.807) is 0 Å². The van der Waals surface area contributed by atoms with Crippen LogP contribution in [0.25, 0.3) is 0 Å². The molecular formula is C2H7O3Si4Y9. The predicted molar refractivity (Wildman–Crippen MR) is 38.9 cm³/mol. The second kappa shape index (κ2) is 63.0. The molecule has 0 rings (SSSR count). The van der Waals surface area contributed by atoms with Crippen molar-refractivity contribution in [2.75, 3.05) is 0 Å². The van der Waals surface area contributed by atoms with Gasteiger partial charge < -0.3 is 12.3 Å². The fraction of sp³-hybridized carbons (Fsp3) is 1.00. The van der Waals surface area contributed by atoms with Crippen molar-refractivity contribution in [1.29, 1.82) is 0 Å². The molecule has 0 aliphatic carbocycles. The summed E-state index contributed by atoms with van der Waals surface area (Å²) >= 11 is 0. The molecule has 18 heavy (non-hydrogen) atoms. The summed E-state index contributed by atoms with van der Waals surface area (Å²) in [6.07, 6.45) is 0. The first-order valence-electron chi connectivity index (χ1n) is 1.72. The van der Waals surface area contributed by atoms with Crippen LogP contribution in [0.5, 0.6) is 0 Å². The second-order valence-electron chi connectivity index (χ2n) is 0.881. The quantitative estimate of drug-likeness (QED) is 0.356. The Bertz CT molecular complexity index is 71.1. The van der Waals surface area contributed by atoms with Gasteiger partial charge in [0.05, 0.1) is 0 Å². The van der Waals surface area contributed by atoms with Crippen LogP contribution in [0.3, 0.4) is 0 Å². The summed E-state index contributed by atoms with van der Waals surface area (Å²) in [4.78, 5) is 0. The zero-order valence-corrected chi connectivity index (χ0v) is 39.0. The summed E-state index contributed by atoms with van der Waals surface area (Å²) in [6, 6.07) is 0. The molecule has 18 radical (unpaired) electrons. The Labute approximate surface area is 350 Å². The smallest absolute Gasteiger partial charge is 0.411 e. The second-order valence-corrected chi connectivity index (χ2v) is 4.48. The van der Waals surface area contributed by atoms with E-state index in [0.29, 0.717) is 0 Å². The Kier molecular flexibility index (Phi) is 246. The minimum Gasteiger partial charge on any atom is -0.436 e. The van der Waals surface area contributed by atoms with Crippen LogP contribution in [0.1, 0.15) is 7.43 Å². The minimum absolute atomic E-state index is 0. The Morgan fingerprint density at radius 3 is 1.22 bits per heavy atom. The first kappa shape index (κ1) is 70.3. The van der Waals surface area contributed by atoms with Crippen LogP contribution in [0.15, 0.2) is 0 Å². The van der Waals surface area contributed by atoms with Gasteiger partial charge in [0.2, 0.25) is 21.0 Å². The number of hydrogen-bond donors (Lipinski definition) is 0. The van der Waals surface area contributed by atoms with Crippen molar-refractivity contribution in [3.05, 3.63) is 0 Å². The van der Waals surface area contributed by atoms with Crippen LogP contribution in [-0.2, 0) is 307 Å². The third-order valence-electron chi connectivity index (χ3n) is 0.371. The molecule has 0 saturated heterocycles. The van der Waals surface area contributed by atoms with Crippen LogP contribution in [0.2, 0.25) is 6.55 Å². The molecule has 0 unspecified atom stereocenters. The number of hydrogen-bond acceptors (Lipinski definition) is 3. The van der Waals surface area contributed by atoms with Crippen LogP contribution < -0.4 is 0 Å². The van der Waals surface area contributed by atoms with Gasteiger partial charge in [0.25, 0.3) is 0 Å². The maximum atomic E-state index is 4.93. The first-order valence-corrected chi connectivity index (χ1v) is 5.17. The van der Waals surface area contributed by atoms with Gasteiger partial charge in [-0.2, -0.15) is 0 Å². The van der Waals surface area contributed by atoms with Gasteiger partial charge in [-0.15, -0.1) is 0 Å². The molecule has 0 fully saturated rings. The first-order chi connectivity index (χ1) is 3.81.